The van der Waals surface area contributed by atoms with E-state index in [0.717, 1.165) is 19.1 Å². The Balaban J connectivity index is 2.14. The lowest BCUT2D eigenvalue weighted by Crippen LogP contribution is -2.50. The van der Waals surface area contributed by atoms with Gasteiger partial charge >= 0.3 is 0 Å². The van der Waals surface area contributed by atoms with Gasteiger partial charge in [0.1, 0.15) is 0 Å². The van der Waals surface area contributed by atoms with Gasteiger partial charge in [0, 0.05) is 18.8 Å². The minimum absolute atomic E-state index is 0.507. The molecule has 2 heteroatoms. The Hall–Kier alpha value is -0.0800. The molecule has 0 N–H and O–H groups in total. The molecule has 2 rings (SSSR count). The molecule has 1 atom stereocenters. The first-order valence-corrected chi connectivity index (χ1v) is 5.62. The van der Waals surface area contributed by atoms with Crippen LogP contribution in [0.15, 0.2) is 0 Å². The molecule has 0 aromatic heterocycles. The second-order valence-electron chi connectivity index (χ2n) is 4.49. The lowest BCUT2D eigenvalue weighted by atomic mass is 9.79. The van der Waals surface area contributed by atoms with Gasteiger partial charge in [-0.25, -0.2) is 0 Å². The summed E-state index contributed by atoms with van der Waals surface area (Å²) in [6.45, 7) is 9.17. The summed E-state index contributed by atoms with van der Waals surface area (Å²) in [7, 11) is 0. The molecular formula is C11H21NO. The van der Waals surface area contributed by atoms with Gasteiger partial charge in [-0.15, -0.1) is 0 Å². The summed E-state index contributed by atoms with van der Waals surface area (Å²) < 4.78 is 5.47. The van der Waals surface area contributed by atoms with Crippen LogP contribution in [-0.2, 0) is 4.74 Å². The van der Waals surface area contributed by atoms with Gasteiger partial charge in [0.05, 0.1) is 0 Å². The predicted octanol–water partition coefficient (Wildman–Crippen LogP) is 1.90. The highest BCUT2D eigenvalue weighted by Gasteiger charge is 2.46. The summed E-state index contributed by atoms with van der Waals surface area (Å²) in [4.78, 5) is 2.68. The minimum Gasteiger partial charge on any atom is -0.381 e. The Labute approximate surface area is 81.3 Å². The van der Waals surface area contributed by atoms with Crippen LogP contribution in [0.1, 0.15) is 33.1 Å². The van der Waals surface area contributed by atoms with Crippen molar-refractivity contribution in [2.75, 3.05) is 26.3 Å². The van der Waals surface area contributed by atoms with Gasteiger partial charge in [0.25, 0.3) is 0 Å². The van der Waals surface area contributed by atoms with E-state index in [1.54, 1.807) is 0 Å². The quantitative estimate of drug-likeness (QED) is 0.615. The first-order chi connectivity index (χ1) is 6.29. The summed E-state index contributed by atoms with van der Waals surface area (Å²) in [6, 6.07) is 0. The fraction of sp³-hybridized carbons (Fsp3) is 1.00. The Morgan fingerprint density at radius 3 is 2.69 bits per heavy atom. The first kappa shape index (κ1) is 9.47. The molecular weight excluding hydrogens is 162 g/mol. The van der Waals surface area contributed by atoms with Gasteiger partial charge in [-0.05, 0) is 38.3 Å². The molecule has 2 saturated heterocycles. The largest absolute Gasteiger partial charge is 0.381 e. The summed E-state index contributed by atoms with van der Waals surface area (Å²) in [5.41, 5.74) is 0.507. The Kier molecular flexibility index (Phi) is 2.61. The van der Waals surface area contributed by atoms with Crippen LogP contribution in [0.4, 0.5) is 0 Å². The average Bonchev–Trinajstić information content (AvgIpc) is 2.46. The lowest BCUT2D eigenvalue weighted by molar-refractivity contribution is -0.0231. The van der Waals surface area contributed by atoms with Crippen molar-refractivity contribution < 1.29 is 4.74 Å². The minimum atomic E-state index is 0.507. The predicted molar refractivity (Wildman–Crippen MR) is 53.8 cm³/mol. The zero-order chi connectivity index (χ0) is 9.31. The molecule has 2 fully saturated rings. The topological polar surface area (TPSA) is 12.5 Å². The van der Waals surface area contributed by atoms with E-state index in [2.05, 4.69) is 18.7 Å². The monoisotopic (exact) mass is 183 g/mol. The molecule has 0 radical (unpaired) electrons. The molecule has 13 heavy (non-hydrogen) atoms. The summed E-state index contributed by atoms with van der Waals surface area (Å²) in [6.07, 6.45) is 3.89. The van der Waals surface area contributed by atoms with Crippen LogP contribution in [0, 0.1) is 5.92 Å². The van der Waals surface area contributed by atoms with Gasteiger partial charge < -0.3 is 4.74 Å². The summed E-state index contributed by atoms with van der Waals surface area (Å²) in [5.74, 6) is 0.872. The van der Waals surface area contributed by atoms with E-state index in [1.165, 1.54) is 32.4 Å². The molecule has 2 aliphatic heterocycles. The molecule has 2 aliphatic rings. The molecule has 0 saturated carbocycles. The van der Waals surface area contributed by atoms with Crippen molar-refractivity contribution in [2.45, 2.75) is 38.6 Å². The Morgan fingerprint density at radius 1 is 1.38 bits per heavy atom. The fourth-order valence-electron chi connectivity index (χ4n) is 3.16. The molecule has 1 spiro atoms. The highest BCUT2D eigenvalue weighted by atomic mass is 16.5. The maximum atomic E-state index is 5.47. The van der Waals surface area contributed by atoms with Gasteiger partial charge in [0.15, 0.2) is 0 Å². The average molecular weight is 183 g/mol. The number of ether oxygens (including phenoxy) is 1. The number of nitrogens with zero attached hydrogens (tertiary/aromatic N) is 1. The van der Waals surface area contributed by atoms with Crippen LogP contribution < -0.4 is 0 Å². The number of rotatable bonds is 1. The fourth-order valence-corrected chi connectivity index (χ4v) is 3.16. The maximum Gasteiger partial charge on any atom is 0.0483 e. The third-order valence-electron chi connectivity index (χ3n) is 4.12. The van der Waals surface area contributed by atoms with Crippen LogP contribution in [0.2, 0.25) is 0 Å². The van der Waals surface area contributed by atoms with E-state index < -0.39 is 0 Å². The highest BCUT2D eigenvalue weighted by Crippen LogP contribution is 2.41. The standard InChI is InChI=1S/C11H21NO/c1-3-12-7-4-10(2)11(12)5-8-13-9-6-11/h10H,3-9H2,1-2H3/t10-/m0/s1. The van der Waals surface area contributed by atoms with E-state index in [-0.39, 0.29) is 0 Å². The van der Waals surface area contributed by atoms with Crippen LogP contribution in [0.3, 0.4) is 0 Å². The molecule has 0 unspecified atom stereocenters. The molecule has 76 valence electrons. The summed E-state index contributed by atoms with van der Waals surface area (Å²) >= 11 is 0. The molecule has 0 aromatic carbocycles. The van der Waals surface area contributed by atoms with Crippen LogP contribution in [0.5, 0.6) is 0 Å². The van der Waals surface area contributed by atoms with Crippen molar-refractivity contribution in [3.63, 3.8) is 0 Å². The Morgan fingerprint density at radius 2 is 2.08 bits per heavy atom. The second kappa shape index (κ2) is 3.58. The zero-order valence-corrected chi connectivity index (χ0v) is 8.88. The van der Waals surface area contributed by atoms with Gasteiger partial charge in [-0.3, -0.25) is 4.90 Å². The number of likely N-dealkylation sites (tertiary alicyclic amines) is 1. The van der Waals surface area contributed by atoms with Crippen molar-refractivity contribution >= 4 is 0 Å². The maximum absolute atomic E-state index is 5.47. The third-order valence-corrected chi connectivity index (χ3v) is 4.12. The third kappa shape index (κ3) is 1.40. The number of hydrogen-bond donors (Lipinski definition) is 0. The van der Waals surface area contributed by atoms with Crippen LogP contribution in [-0.4, -0.2) is 36.7 Å². The van der Waals surface area contributed by atoms with Crippen molar-refractivity contribution in [2.24, 2.45) is 5.92 Å². The van der Waals surface area contributed by atoms with Crippen LogP contribution >= 0.6 is 0 Å². The van der Waals surface area contributed by atoms with E-state index >= 15 is 0 Å². The van der Waals surface area contributed by atoms with Gasteiger partial charge in [-0.1, -0.05) is 13.8 Å². The van der Waals surface area contributed by atoms with E-state index in [9.17, 15) is 0 Å². The van der Waals surface area contributed by atoms with Crippen molar-refractivity contribution in [1.29, 1.82) is 0 Å². The zero-order valence-electron chi connectivity index (χ0n) is 8.88. The van der Waals surface area contributed by atoms with Gasteiger partial charge in [-0.2, -0.15) is 0 Å². The molecule has 2 heterocycles. The first-order valence-electron chi connectivity index (χ1n) is 5.62. The smallest absolute Gasteiger partial charge is 0.0483 e. The number of hydrogen-bond acceptors (Lipinski definition) is 2. The molecule has 0 amide bonds. The van der Waals surface area contributed by atoms with Gasteiger partial charge in [0.2, 0.25) is 0 Å². The molecule has 0 bridgehead atoms. The van der Waals surface area contributed by atoms with Crippen molar-refractivity contribution in [1.82, 2.24) is 4.90 Å². The molecule has 0 aromatic rings. The lowest BCUT2D eigenvalue weighted by Gasteiger charge is -2.44. The van der Waals surface area contributed by atoms with Crippen molar-refractivity contribution in [3.05, 3.63) is 0 Å². The van der Waals surface area contributed by atoms with E-state index in [4.69, 9.17) is 4.74 Å². The summed E-state index contributed by atoms with van der Waals surface area (Å²) in [5, 5.41) is 0. The molecule has 2 nitrogen and oxygen atoms in total. The van der Waals surface area contributed by atoms with Crippen LogP contribution in [0.25, 0.3) is 0 Å². The van der Waals surface area contributed by atoms with Crippen molar-refractivity contribution in [3.8, 4) is 0 Å². The molecule has 0 aliphatic carbocycles. The normalized spacial score (nSPS) is 34.2. The second-order valence-corrected chi connectivity index (χ2v) is 4.49. The SMILES string of the molecule is CCN1CC[C@H](C)C12CCOCC2. The van der Waals surface area contributed by atoms with E-state index in [1.807, 2.05) is 0 Å². The highest BCUT2D eigenvalue weighted by molar-refractivity contribution is 5.00. The van der Waals surface area contributed by atoms with E-state index in [0.29, 0.717) is 5.54 Å². The Bertz CT molecular complexity index is 175.